The van der Waals surface area contributed by atoms with Crippen LogP contribution in [0.15, 0.2) is 0 Å². The van der Waals surface area contributed by atoms with E-state index >= 15 is 0 Å². The molecule has 0 heterocycles. The summed E-state index contributed by atoms with van der Waals surface area (Å²) in [5.41, 5.74) is -0.497. The molecule has 16 heavy (non-hydrogen) atoms. The van der Waals surface area contributed by atoms with E-state index in [2.05, 4.69) is 25.0 Å². The maximum Gasteiger partial charge on any atom is 0.407 e. The van der Waals surface area contributed by atoms with Crippen molar-refractivity contribution in [2.24, 2.45) is 0 Å². The van der Waals surface area contributed by atoms with Gasteiger partial charge >= 0.3 is 6.09 Å². The minimum Gasteiger partial charge on any atom is -0.444 e. The molecule has 0 aromatic rings. The van der Waals surface area contributed by atoms with Crippen LogP contribution in [0.25, 0.3) is 0 Å². The molecule has 0 bridgehead atoms. The minimum absolute atomic E-state index is 0.0382. The van der Waals surface area contributed by atoms with Gasteiger partial charge in [-0.25, -0.2) is 4.79 Å². The van der Waals surface area contributed by atoms with Crippen LogP contribution in [-0.2, 0) is 4.74 Å². The van der Waals surface area contributed by atoms with Crippen LogP contribution in [-0.4, -0.2) is 37.5 Å². The predicted molar refractivity (Wildman–Crippen MR) is 68.4 cm³/mol. The Labute approximate surface area is 99.4 Å². The largest absolute Gasteiger partial charge is 0.444 e. The number of amides is 1. The molecule has 0 aromatic heterocycles. The molecule has 1 atom stereocenters. The Morgan fingerprint density at radius 3 is 2.19 bits per heavy atom. The zero-order valence-electron chi connectivity index (χ0n) is 11.3. The predicted octanol–water partition coefficient (Wildman–Crippen LogP) is 2.21. The van der Waals surface area contributed by atoms with E-state index in [1.165, 1.54) is 0 Å². The van der Waals surface area contributed by atoms with Crippen LogP contribution < -0.4 is 5.32 Å². The molecule has 5 heteroatoms. The van der Waals surface area contributed by atoms with Gasteiger partial charge in [-0.05, 0) is 26.8 Å². The lowest BCUT2D eigenvalue weighted by Crippen LogP contribution is -2.44. The molecule has 0 aromatic carbocycles. The Morgan fingerprint density at radius 2 is 1.88 bits per heavy atom. The Kier molecular flexibility index (Phi) is 5.48. The van der Waals surface area contributed by atoms with Crippen LogP contribution in [0, 0.1) is 0 Å². The number of carbonyl (C=O) groups is 1. The van der Waals surface area contributed by atoms with Crippen molar-refractivity contribution < 1.29 is 14.6 Å². The average molecular weight is 247 g/mol. The lowest BCUT2D eigenvalue weighted by molar-refractivity contribution is 0.0489. The first-order valence-electron chi connectivity index (χ1n) is 5.64. The van der Waals surface area contributed by atoms with Crippen molar-refractivity contribution in [2.45, 2.75) is 58.1 Å². The summed E-state index contributed by atoms with van der Waals surface area (Å²) in [6, 6.07) is 0.657. The summed E-state index contributed by atoms with van der Waals surface area (Å²) in [6.45, 7) is 12.0. The summed E-state index contributed by atoms with van der Waals surface area (Å²) in [6.07, 6.45) is -0.454. The van der Waals surface area contributed by atoms with Crippen molar-refractivity contribution in [1.82, 2.24) is 5.32 Å². The van der Waals surface area contributed by atoms with Crippen LogP contribution >= 0.6 is 0 Å². The van der Waals surface area contributed by atoms with Gasteiger partial charge in [0, 0.05) is 8.07 Å². The van der Waals surface area contributed by atoms with Crippen LogP contribution in [0.4, 0.5) is 4.79 Å². The summed E-state index contributed by atoms with van der Waals surface area (Å²) in [4.78, 5) is 11.5. The van der Waals surface area contributed by atoms with Crippen LogP contribution in [0.1, 0.15) is 20.8 Å². The molecular weight excluding hydrogens is 222 g/mol. The van der Waals surface area contributed by atoms with E-state index in [1.807, 2.05) is 20.8 Å². The van der Waals surface area contributed by atoms with Gasteiger partial charge in [0.2, 0.25) is 0 Å². The van der Waals surface area contributed by atoms with Gasteiger partial charge in [0.05, 0.1) is 12.6 Å². The first-order valence-corrected chi connectivity index (χ1v) is 9.34. The highest BCUT2D eigenvalue weighted by Crippen LogP contribution is 2.12. The molecule has 1 amide bonds. The number of aliphatic hydroxyl groups is 1. The molecule has 0 unspecified atom stereocenters. The summed E-state index contributed by atoms with van der Waals surface area (Å²) >= 11 is 0. The first-order chi connectivity index (χ1) is 7.03. The van der Waals surface area contributed by atoms with Crippen LogP contribution in [0.3, 0.4) is 0 Å². The van der Waals surface area contributed by atoms with E-state index < -0.39 is 19.8 Å². The smallest absolute Gasteiger partial charge is 0.407 e. The van der Waals surface area contributed by atoms with Gasteiger partial charge in [-0.3, -0.25) is 0 Å². The fourth-order valence-corrected chi connectivity index (χ4v) is 3.08. The number of alkyl carbamates (subject to hydrolysis) is 1. The molecule has 0 aliphatic rings. The molecule has 0 aliphatic heterocycles. The van der Waals surface area contributed by atoms with Crippen LogP contribution in [0.5, 0.6) is 0 Å². The third-order valence-electron chi connectivity index (χ3n) is 1.80. The van der Waals surface area contributed by atoms with E-state index in [1.54, 1.807) is 0 Å². The Hall–Kier alpha value is -0.553. The minimum atomic E-state index is -1.30. The van der Waals surface area contributed by atoms with Gasteiger partial charge < -0.3 is 15.2 Å². The van der Waals surface area contributed by atoms with E-state index in [0.717, 1.165) is 6.04 Å². The van der Waals surface area contributed by atoms with Crippen molar-refractivity contribution in [2.75, 3.05) is 6.61 Å². The summed E-state index contributed by atoms with van der Waals surface area (Å²) in [7, 11) is -1.30. The van der Waals surface area contributed by atoms with Crippen LogP contribution in [0.2, 0.25) is 25.7 Å². The summed E-state index contributed by atoms with van der Waals surface area (Å²) in [5, 5.41) is 11.9. The second kappa shape index (κ2) is 5.68. The van der Waals surface area contributed by atoms with Gasteiger partial charge in [0.25, 0.3) is 0 Å². The molecule has 0 saturated carbocycles. The SMILES string of the molecule is CC(C)(C)OC(=O)N[C@H](CO)C[Si](C)(C)C. The third kappa shape index (κ3) is 8.73. The van der Waals surface area contributed by atoms with Gasteiger partial charge in [0.15, 0.2) is 0 Å². The lowest BCUT2D eigenvalue weighted by Gasteiger charge is -2.26. The fourth-order valence-electron chi connectivity index (χ4n) is 1.37. The number of aliphatic hydroxyl groups excluding tert-OH is 1. The number of nitrogens with one attached hydrogen (secondary N) is 1. The molecule has 0 aliphatic carbocycles. The van der Waals surface area contributed by atoms with Crippen molar-refractivity contribution in [1.29, 1.82) is 0 Å². The third-order valence-corrected chi connectivity index (χ3v) is 3.52. The second-order valence-corrected chi connectivity index (χ2v) is 11.8. The van der Waals surface area contributed by atoms with Crippen molar-refractivity contribution in [3.8, 4) is 0 Å². The normalized spacial score (nSPS) is 14.4. The van der Waals surface area contributed by atoms with Gasteiger partial charge in [-0.15, -0.1) is 0 Å². The number of ether oxygens (including phenoxy) is 1. The van der Waals surface area contributed by atoms with E-state index in [4.69, 9.17) is 4.74 Å². The van der Waals surface area contributed by atoms with E-state index in [-0.39, 0.29) is 12.6 Å². The lowest BCUT2D eigenvalue weighted by atomic mass is 10.2. The van der Waals surface area contributed by atoms with Crippen molar-refractivity contribution >= 4 is 14.2 Å². The number of hydrogen-bond donors (Lipinski definition) is 2. The standard InChI is InChI=1S/C11H25NO3Si/c1-11(2,3)15-10(14)12-9(7-13)8-16(4,5)6/h9,13H,7-8H2,1-6H3,(H,12,14)/t9-/m1/s1. The highest BCUT2D eigenvalue weighted by Gasteiger charge is 2.23. The maximum atomic E-state index is 11.5. The Morgan fingerprint density at radius 1 is 1.38 bits per heavy atom. The highest BCUT2D eigenvalue weighted by molar-refractivity contribution is 6.76. The van der Waals surface area contributed by atoms with Gasteiger partial charge in [0.1, 0.15) is 5.60 Å². The number of rotatable bonds is 4. The summed E-state index contributed by atoms with van der Waals surface area (Å²) < 4.78 is 5.14. The molecule has 0 spiro atoms. The monoisotopic (exact) mass is 247 g/mol. The maximum absolute atomic E-state index is 11.5. The quantitative estimate of drug-likeness (QED) is 0.749. The molecule has 96 valence electrons. The first kappa shape index (κ1) is 15.4. The molecule has 0 saturated heterocycles. The zero-order valence-corrected chi connectivity index (χ0v) is 12.3. The summed E-state index contributed by atoms with van der Waals surface area (Å²) in [5.74, 6) is 0. The Bertz CT molecular complexity index is 230. The topological polar surface area (TPSA) is 58.6 Å². The number of hydrogen-bond acceptors (Lipinski definition) is 3. The number of carbonyl (C=O) groups excluding carboxylic acids is 1. The zero-order chi connectivity index (χ0) is 13.0. The molecule has 0 rings (SSSR count). The molecule has 2 N–H and O–H groups in total. The Balaban J connectivity index is 4.18. The van der Waals surface area contributed by atoms with E-state index in [9.17, 15) is 9.90 Å². The van der Waals surface area contributed by atoms with Crippen molar-refractivity contribution in [3.63, 3.8) is 0 Å². The van der Waals surface area contributed by atoms with Gasteiger partial charge in [-0.1, -0.05) is 19.6 Å². The van der Waals surface area contributed by atoms with Crippen molar-refractivity contribution in [3.05, 3.63) is 0 Å². The molecular formula is C11H25NO3Si. The average Bonchev–Trinajstić information content (AvgIpc) is 1.96. The van der Waals surface area contributed by atoms with E-state index in [0.29, 0.717) is 0 Å². The van der Waals surface area contributed by atoms with Gasteiger partial charge in [-0.2, -0.15) is 0 Å². The molecule has 4 nitrogen and oxygen atoms in total. The highest BCUT2D eigenvalue weighted by atomic mass is 28.3. The molecule has 0 fully saturated rings. The molecule has 0 radical (unpaired) electrons. The second-order valence-electron chi connectivity index (χ2n) is 6.29. The fraction of sp³-hybridized carbons (Fsp3) is 0.909.